The van der Waals surface area contributed by atoms with Crippen molar-refractivity contribution < 1.29 is 22.7 Å². The molecule has 9 heteroatoms. The van der Waals surface area contributed by atoms with Crippen molar-refractivity contribution in [2.75, 3.05) is 33.3 Å². The molecule has 0 aromatic heterocycles. The number of hydrogen-bond acceptors (Lipinski definition) is 3. The lowest BCUT2D eigenvalue weighted by Crippen LogP contribution is -2.59. The van der Waals surface area contributed by atoms with Gasteiger partial charge in [-0.2, -0.15) is 13.2 Å². The number of rotatable bonds is 4. The zero-order valence-electron chi connectivity index (χ0n) is 18.8. The molecule has 1 amide bonds. The highest BCUT2D eigenvalue weighted by Crippen LogP contribution is 2.50. The molecule has 2 heterocycles. The van der Waals surface area contributed by atoms with Crippen LogP contribution in [-0.4, -0.2) is 50.3 Å². The molecule has 4 rings (SSSR count). The van der Waals surface area contributed by atoms with Crippen molar-refractivity contribution in [3.8, 4) is 0 Å². The molecule has 1 N–H and O–H groups in total. The molecule has 2 saturated heterocycles. The largest absolute Gasteiger partial charge is 0.430 e. The summed E-state index contributed by atoms with van der Waals surface area (Å²) in [6, 6.07) is 13.6. The van der Waals surface area contributed by atoms with Gasteiger partial charge in [-0.15, -0.1) is 0 Å². The van der Waals surface area contributed by atoms with Crippen molar-refractivity contribution in [1.29, 1.82) is 0 Å². The van der Waals surface area contributed by atoms with Gasteiger partial charge >= 0.3 is 6.18 Å². The lowest BCUT2D eigenvalue weighted by atomic mass is 9.62. The fourth-order valence-electron chi connectivity index (χ4n) is 5.55. The van der Waals surface area contributed by atoms with Crippen molar-refractivity contribution in [1.82, 2.24) is 10.2 Å². The minimum Gasteiger partial charge on any atom is -0.356 e. The lowest BCUT2D eigenvalue weighted by molar-refractivity contribution is -0.271. The fourth-order valence-corrected chi connectivity index (χ4v) is 5.85. The summed E-state index contributed by atoms with van der Waals surface area (Å²) in [6.45, 7) is 2.12. The van der Waals surface area contributed by atoms with E-state index in [4.69, 9.17) is 27.9 Å². The monoisotopic (exact) mass is 514 g/mol. The van der Waals surface area contributed by atoms with Crippen LogP contribution < -0.4 is 5.32 Å². The number of hydrogen-bond donors (Lipinski definition) is 1. The summed E-state index contributed by atoms with van der Waals surface area (Å²) in [4.78, 5) is 14.8. The molecule has 2 atom stereocenters. The number of amides is 1. The average molecular weight is 515 g/mol. The quantitative estimate of drug-likeness (QED) is 0.561. The maximum Gasteiger partial charge on any atom is 0.430 e. The number of halogens is 5. The predicted octanol–water partition coefficient (Wildman–Crippen LogP) is 5.78. The molecule has 0 bridgehead atoms. The van der Waals surface area contributed by atoms with Gasteiger partial charge in [-0.3, -0.25) is 4.79 Å². The number of alkyl halides is 3. The van der Waals surface area contributed by atoms with Crippen LogP contribution in [0.15, 0.2) is 48.5 Å². The maximum atomic E-state index is 14.5. The molecule has 2 fully saturated rings. The van der Waals surface area contributed by atoms with E-state index in [2.05, 4.69) is 17.4 Å². The molecule has 0 saturated carbocycles. The van der Waals surface area contributed by atoms with Crippen LogP contribution >= 0.6 is 23.2 Å². The third kappa shape index (κ3) is 4.32. The second-order valence-corrected chi connectivity index (χ2v) is 9.90. The fraction of sp³-hybridized carbons (Fsp3) is 0.480. The second kappa shape index (κ2) is 9.69. The summed E-state index contributed by atoms with van der Waals surface area (Å²) >= 11 is 11.9. The summed E-state index contributed by atoms with van der Waals surface area (Å²) in [5, 5.41) is 3.48. The zero-order chi connectivity index (χ0) is 24.6. The Labute approximate surface area is 207 Å². The van der Waals surface area contributed by atoms with E-state index in [1.54, 1.807) is 0 Å². The van der Waals surface area contributed by atoms with Crippen LogP contribution in [0.3, 0.4) is 0 Å². The van der Waals surface area contributed by atoms with Gasteiger partial charge in [0.25, 0.3) is 11.5 Å². The molecule has 2 unspecified atom stereocenters. The van der Waals surface area contributed by atoms with Crippen LogP contribution in [0, 0.1) is 5.41 Å². The van der Waals surface area contributed by atoms with Crippen molar-refractivity contribution in [2.45, 2.75) is 37.0 Å². The predicted molar refractivity (Wildman–Crippen MR) is 126 cm³/mol. The maximum absolute atomic E-state index is 14.5. The minimum absolute atomic E-state index is 0.0685. The Balaban J connectivity index is 1.62. The first-order valence-corrected chi connectivity index (χ1v) is 12.0. The Hall–Kier alpha value is -1.80. The smallest absolute Gasteiger partial charge is 0.356 e. The summed E-state index contributed by atoms with van der Waals surface area (Å²) in [7, 11) is 0.900. The van der Waals surface area contributed by atoms with Gasteiger partial charge < -0.3 is 15.0 Å². The zero-order valence-corrected chi connectivity index (χ0v) is 20.3. The molecule has 0 radical (unpaired) electrons. The first-order chi connectivity index (χ1) is 16.1. The molecular weight excluding hydrogens is 488 g/mol. The number of piperidine rings is 2. The van der Waals surface area contributed by atoms with E-state index < -0.39 is 17.7 Å². The van der Waals surface area contributed by atoms with Gasteiger partial charge in [0.05, 0.1) is 10.0 Å². The third-order valence-corrected chi connectivity index (χ3v) is 8.21. The Bertz CT molecular complexity index is 1030. The molecule has 2 aromatic rings. The van der Waals surface area contributed by atoms with Crippen molar-refractivity contribution in [3.05, 3.63) is 69.7 Å². The molecule has 2 aliphatic rings. The number of likely N-dealkylation sites (tertiary alicyclic amines) is 1. The lowest BCUT2D eigenvalue weighted by Gasteiger charge is -2.50. The van der Waals surface area contributed by atoms with Crippen LogP contribution in [0.1, 0.15) is 36.3 Å². The normalized spacial score (nSPS) is 22.4. The second-order valence-electron chi connectivity index (χ2n) is 9.08. The number of nitrogens with zero attached hydrogens (tertiary/aromatic N) is 1. The SMILES string of the molecule is COC(C(=O)N1CCC2(CCNCC2c2ccccc2)CC1)(c1ccc(Cl)c(Cl)c1)C(F)(F)F. The summed E-state index contributed by atoms with van der Waals surface area (Å²) in [6.07, 6.45) is -2.83. The summed E-state index contributed by atoms with van der Waals surface area (Å²) in [5.41, 5.74) is -2.39. The molecule has 4 nitrogen and oxygen atoms in total. The molecular formula is C25H27Cl2F3N2O2. The van der Waals surface area contributed by atoms with Crippen LogP contribution in [0.4, 0.5) is 13.2 Å². The molecule has 2 aliphatic heterocycles. The summed E-state index contributed by atoms with van der Waals surface area (Å²) in [5.74, 6) is -0.884. The Morgan fingerprint density at radius 2 is 1.74 bits per heavy atom. The molecule has 1 spiro atoms. The number of nitrogens with one attached hydrogen (secondary N) is 1. The molecule has 184 valence electrons. The third-order valence-electron chi connectivity index (χ3n) is 7.47. The van der Waals surface area contributed by atoms with E-state index in [1.165, 1.54) is 16.5 Å². The summed E-state index contributed by atoms with van der Waals surface area (Å²) < 4.78 is 48.4. The first-order valence-electron chi connectivity index (χ1n) is 11.3. The number of methoxy groups -OCH3 is 1. The van der Waals surface area contributed by atoms with Gasteiger partial charge in [0.1, 0.15) is 0 Å². The van der Waals surface area contributed by atoms with Crippen LogP contribution in [0.2, 0.25) is 10.0 Å². The van der Waals surface area contributed by atoms with Crippen LogP contribution in [0.5, 0.6) is 0 Å². The van der Waals surface area contributed by atoms with E-state index in [0.717, 1.165) is 38.8 Å². The van der Waals surface area contributed by atoms with Gasteiger partial charge in [0.15, 0.2) is 0 Å². The highest BCUT2D eigenvalue weighted by Gasteiger charge is 2.64. The molecule has 2 aromatic carbocycles. The van der Waals surface area contributed by atoms with Gasteiger partial charge in [0, 0.05) is 38.2 Å². The minimum atomic E-state index is -4.99. The van der Waals surface area contributed by atoms with Crippen LogP contribution in [-0.2, 0) is 15.1 Å². The number of carbonyl (C=O) groups excluding carboxylic acids is 1. The van der Waals surface area contributed by atoms with E-state index in [9.17, 15) is 18.0 Å². The highest BCUT2D eigenvalue weighted by molar-refractivity contribution is 6.42. The van der Waals surface area contributed by atoms with Gasteiger partial charge in [-0.1, -0.05) is 59.6 Å². The Morgan fingerprint density at radius 1 is 1.06 bits per heavy atom. The standard InChI is InChI=1S/C25H27Cl2F3N2O2/c1-34-24(25(28,29)30,18-7-8-20(26)21(27)15-18)22(33)32-13-10-23(11-14-32)9-12-31-16-19(23)17-5-3-2-4-6-17/h2-8,15,19,31H,9-14,16H2,1H3. The topological polar surface area (TPSA) is 41.6 Å². The molecule has 34 heavy (non-hydrogen) atoms. The van der Waals surface area contributed by atoms with Crippen molar-refractivity contribution >= 4 is 29.1 Å². The Kier molecular flexibility index (Phi) is 7.21. The van der Waals surface area contributed by atoms with Gasteiger partial charge in [0.2, 0.25) is 0 Å². The number of carbonyl (C=O) groups is 1. The van der Waals surface area contributed by atoms with Gasteiger partial charge in [-0.25, -0.2) is 0 Å². The number of ether oxygens (including phenoxy) is 1. The van der Waals surface area contributed by atoms with Crippen LogP contribution in [0.25, 0.3) is 0 Å². The highest BCUT2D eigenvalue weighted by atomic mass is 35.5. The van der Waals surface area contributed by atoms with Gasteiger partial charge in [-0.05, 0) is 48.9 Å². The van der Waals surface area contributed by atoms with E-state index in [1.807, 2.05) is 18.2 Å². The van der Waals surface area contributed by atoms with Crippen molar-refractivity contribution in [3.63, 3.8) is 0 Å². The first kappa shape index (κ1) is 25.3. The van der Waals surface area contributed by atoms with Crippen molar-refractivity contribution in [2.24, 2.45) is 5.41 Å². The average Bonchev–Trinajstić information content (AvgIpc) is 2.82. The Morgan fingerprint density at radius 3 is 2.32 bits per heavy atom. The van der Waals surface area contributed by atoms with E-state index in [-0.39, 0.29) is 40.0 Å². The van der Waals surface area contributed by atoms with E-state index in [0.29, 0.717) is 12.8 Å². The molecule has 0 aliphatic carbocycles. The van der Waals surface area contributed by atoms with E-state index >= 15 is 0 Å². The number of benzene rings is 2.